The largest absolute Gasteiger partial charge is 0.400 e. The first-order chi connectivity index (χ1) is 5.99. The first-order valence-electron chi connectivity index (χ1n) is 4.01. The molecule has 0 heterocycles. The number of carbonyl (C=O) groups is 1. The van der Waals surface area contributed by atoms with Crippen LogP contribution in [0.15, 0.2) is 23.4 Å². The summed E-state index contributed by atoms with van der Waals surface area (Å²) in [5.41, 5.74) is 11.4. The summed E-state index contributed by atoms with van der Waals surface area (Å²) in [4.78, 5) is 10.9. The Hall–Kier alpha value is -1.29. The highest BCUT2D eigenvalue weighted by Crippen LogP contribution is 2.28. The zero-order valence-corrected chi connectivity index (χ0v) is 7.83. The predicted octanol–water partition coefficient (Wildman–Crippen LogP) is 0.0495. The number of ether oxygens (including phenoxy) is 1. The monoisotopic (exact) mass is 182 g/mol. The Morgan fingerprint density at radius 2 is 2.23 bits per heavy atom. The molecule has 4 nitrogen and oxygen atoms in total. The molecule has 1 rings (SSSR count). The number of methoxy groups -OCH3 is 1. The Labute approximate surface area is 77.2 Å². The summed E-state index contributed by atoms with van der Waals surface area (Å²) < 4.78 is 5.23. The van der Waals surface area contributed by atoms with E-state index in [-0.39, 0.29) is 0 Å². The fourth-order valence-electron chi connectivity index (χ4n) is 1.25. The van der Waals surface area contributed by atoms with E-state index in [2.05, 4.69) is 0 Å². The van der Waals surface area contributed by atoms with Crippen LogP contribution < -0.4 is 11.5 Å². The van der Waals surface area contributed by atoms with Gasteiger partial charge >= 0.3 is 0 Å². The van der Waals surface area contributed by atoms with Gasteiger partial charge in [-0.15, -0.1) is 0 Å². The van der Waals surface area contributed by atoms with Gasteiger partial charge in [0.25, 0.3) is 0 Å². The highest BCUT2D eigenvalue weighted by atomic mass is 16.5. The number of amides is 1. The summed E-state index contributed by atoms with van der Waals surface area (Å²) in [6.45, 7) is 1.83. The molecule has 13 heavy (non-hydrogen) atoms. The van der Waals surface area contributed by atoms with Gasteiger partial charge in [-0.05, 0) is 13.0 Å². The maximum atomic E-state index is 10.9. The van der Waals surface area contributed by atoms with Gasteiger partial charge in [0, 0.05) is 24.8 Å². The molecule has 4 N–H and O–H groups in total. The molecule has 0 aliphatic heterocycles. The first-order valence-corrected chi connectivity index (χ1v) is 4.01. The van der Waals surface area contributed by atoms with Crippen molar-refractivity contribution in [1.82, 2.24) is 0 Å². The summed E-state index contributed by atoms with van der Waals surface area (Å²) in [5, 5.41) is 0. The third-order valence-electron chi connectivity index (χ3n) is 2.37. The molecule has 0 aromatic heterocycles. The quantitative estimate of drug-likeness (QED) is 0.633. The van der Waals surface area contributed by atoms with Gasteiger partial charge in [-0.25, -0.2) is 0 Å². The topological polar surface area (TPSA) is 78.3 Å². The van der Waals surface area contributed by atoms with Crippen LogP contribution in [0.4, 0.5) is 0 Å². The minimum absolute atomic E-state index is 0.424. The van der Waals surface area contributed by atoms with Crippen LogP contribution in [0.25, 0.3) is 0 Å². The van der Waals surface area contributed by atoms with Crippen molar-refractivity contribution >= 4 is 5.91 Å². The van der Waals surface area contributed by atoms with Crippen LogP contribution in [0.2, 0.25) is 0 Å². The minimum atomic E-state index is -0.598. The van der Waals surface area contributed by atoms with Gasteiger partial charge < -0.3 is 16.2 Å². The summed E-state index contributed by atoms with van der Waals surface area (Å²) >= 11 is 0. The molecule has 0 saturated carbocycles. The van der Waals surface area contributed by atoms with Crippen molar-refractivity contribution in [3.05, 3.63) is 23.4 Å². The smallest absolute Gasteiger partial charge is 0.244 e. The lowest BCUT2D eigenvalue weighted by molar-refractivity contribution is -0.115. The SMILES string of the molecule is COC1(C)CC(C(N)=O)=CC=C1N. The summed E-state index contributed by atoms with van der Waals surface area (Å²) in [7, 11) is 1.56. The fraction of sp³-hybridized carbons (Fsp3) is 0.444. The third-order valence-corrected chi connectivity index (χ3v) is 2.37. The average molecular weight is 182 g/mol. The zero-order chi connectivity index (χ0) is 10.1. The lowest BCUT2D eigenvalue weighted by atomic mass is 9.88. The van der Waals surface area contributed by atoms with Gasteiger partial charge in [-0.1, -0.05) is 6.08 Å². The molecule has 1 aliphatic rings. The normalized spacial score (nSPS) is 27.8. The van der Waals surface area contributed by atoms with Crippen molar-refractivity contribution in [3.8, 4) is 0 Å². The molecule has 1 aliphatic carbocycles. The Morgan fingerprint density at radius 3 is 2.69 bits per heavy atom. The van der Waals surface area contributed by atoms with Gasteiger partial charge in [0.15, 0.2) is 0 Å². The predicted molar refractivity (Wildman–Crippen MR) is 49.6 cm³/mol. The van der Waals surface area contributed by atoms with E-state index in [1.54, 1.807) is 19.3 Å². The molecule has 0 aromatic carbocycles. The van der Waals surface area contributed by atoms with Gasteiger partial charge in [0.1, 0.15) is 5.60 Å². The number of hydrogen-bond acceptors (Lipinski definition) is 3. The number of rotatable bonds is 2. The third kappa shape index (κ3) is 1.72. The molecule has 1 unspecified atom stereocenters. The molecule has 0 fully saturated rings. The van der Waals surface area contributed by atoms with Gasteiger partial charge in [0.05, 0.1) is 0 Å². The van der Waals surface area contributed by atoms with E-state index in [4.69, 9.17) is 16.2 Å². The maximum absolute atomic E-state index is 10.9. The van der Waals surface area contributed by atoms with Gasteiger partial charge in [-0.3, -0.25) is 4.79 Å². The summed E-state index contributed by atoms with van der Waals surface area (Å²) in [5.74, 6) is -0.424. The van der Waals surface area contributed by atoms with Crippen molar-refractivity contribution in [3.63, 3.8) is 0 Å². The molecule has 0 aromatic rings. The van der Waals surface area contributed by atoms with Crippen molar-refractivity contribution in [1.29, 1.82) is 0 Å². The molecule has 0 radical (unpaired) electrons. The van der Waals surface area contributed by atoms with Crippen LogP contribution in [0, 0.1) is 0 Å². The van der Waals surface area contributed by atoms with Crippen molar-refractivity contribution in [2.24, 2.45) is 11.5 Å². The Kier molecular flexibility index (Phi) is 2.43. The average Bonchev–Trinajstić information content (AvgIpc) is 2.09. The Morgan fingerprint density at radius 1 is 1.62 bits per heavy atom. The number of carbonyl (C=O) groups excluding carboxylic acids is 1. The fourth-order valence-corrected chi connectivity index (χ4v) is 1.25. The molecular formula is C9H14N2O2. The number of primary amides is 1. The Bertz CT molecular complexity index is 294. The summed E-state index contributed by atoms with van der Waals surface area (Å²) in [6, 6.07) is 0. The Balaban J connectivity index is 2.96. The van der Waals surface area contributed by atoms with Crippen LogP contribution in [-0.4, -0.2) is 18.6 Å². The van der Waals surface area contributed by atoms with E-state index in [9.17, 15) is 4.79 Å². The first kappa shape index (κ1) is 9.80. The van der Waals surface area contributed by atoms with E-state index in [1.807, 2.05) is 6.92 Å². The van der Waals surface area contributed by atoms with E-state index in [0.717, 1.165) is 0 Å². The van der Waals surface area contributed by atoms with Crippen molar-refractivity contribution < 1.29 is 9.53 Å². The molecule has 0 saturated heterocycles. The van der Waals surface area contributed by atoms with Gasteiger partial charge in [0.2, 0.25) is 5.91 Å². The van der Waals surface area contributed by atoms with E-state index < -0.39 is 11.5 Å². The molecule has 1 atom stereocenters. The van der Waals surface area contributed by atoms with Crippen LogP contribution in [0.3, 0.4) is 0 Å². The lowest BCUT2D eigenvalue weighted by Crippen LogP contribution is -2.38. The van der Waals surface area contributed by atoms with Crippen LogP contribution in [0.5, 0.6) is 0 Å². The second-order valence-corrected chi connectivity index (χ2v) is 3.29. The molecule has 0 bridgehead atoms. The molecule has 4 heteroatoms. The highest BCUT2D eigenvalue weighted by molar-refractivity contribution is 5.92. The maximum Gasteiger partial charge on any atom is 0.244 e. The second-order valence-electron chi connectivity index (χ2n) is 3.29. The highest BCUT2D eigenvalue weighted by Gasteiger charge is 2.31. The standard InChI is InChI=1S/C9H14N2O2/c1-9(13-2)5-6(8(11)12)3-4-7(9)10/h3-4H,5,10H2,1-2H3,(H2,11,12). The van der Waals surface area contributed by atoms with E-state index in [0.29, 0.717) is 17.7 Å². The van der Waals surface area contributed by atoms with E-state index in [1.165, 1.54) is 0 Å². The number of nitrogens with two attached hydrogens (primary N) is 2. The number of allylic oxidation sites excluding steroid dienone is 2. The molecule has 1 amide bonds. The van der Waals surface area contributed by atoms with Crippen LogP contribution >= 0.6 is 0 Å². The number of hydrogen-bond donors (Lipinski definition) is 2. The van der Waals surface area contributed by atoms with Crippen LogP contribution in [-0.2, 0) is 9.53 Å². The zero-order valence-electron chi connectivity index (χ0n) is 7.83. The molecule has 72 valence electrons. The second kappa shape index (κ2) is 3.22. The lowest BCUT2D eigenvalue weighted by Gasteiger charge is -2.31. The van der Waals surface area contributed by atoms with Crippen molar-refractivity contribution in [2.75, 3.05) is 7.11 Å². The van der Waals surface area contributed by atoms with Crippen molar-refractivity contribution in [2.45, 2.75) is 18.9 Å². The minimum Gasteiger partial charge on any atom is -0.400 e. The van der Waals surface area contributed by atoms with Crippen LogP contribution in [0.1, 0.15) is 13.3 Å². The molecular weight excluding hydrogens is 168 g/mol. The van der Waals surface area contributed by atoms with E-state index >= 15 is 0 Å². The van der Waals surface area contributed by atoms with Gasteiger partial charge in [-0.2, -0.15) is 0 Å². The molecule has 0 spiro atoms. The summed E-state index contributed by atoms with van der Waals surface area (Å²) in [6.07, 6.45) is 3.73.